The third-order valence-corrected chi connectivity index (χ3v) is 4.12. The summed E-state index contributed by atoms with van der Waals surface area (Å²) in [5.74, 6) is 0. The molecule has 1 aliphatic heterocycles. The van der Waals surface area contributed by atoms with Crippen LogP contribution in [0.15, 0.2) is 18.2 Å². The maximum atomic E-state index is 3.45. The molecule has 2 heteroatoms. The highest BCUT2D eigenvalue weighted by Crippen LogP contribution is 2.31. The fourth-order valence-electron chi connectivity index (χ4n) is 2.94. The van der Waals surface area contributed by atoms with Gasteiger partial charge in [0.2, 0.25) is 0 Å². The normalized spacial score (nSPS) is 16.0. The Balaban J connectivity index is 2.26. The van der Waals surface area contributed by atoms with Crippen molar-refractivity contribution in [3.05, 3.63) is 35.0 Å². The van der Waals surface area contributed by atoms with Gasteiger partial charge < -0.3 is 4.57 Å². The average molecular weight is 242 g/mol. The third-order valence-electron chi connectivity index (χ3n) is 4.12. The molecule has 0 aliphatic carbocycles. The Morgan fingerprint density at radius 3 is 2.72 bits per heavy atom. The lowest BCUT2D eigenvalue weighted by Crippen LogP contribution is -2.28. The molecule has 0 saturated carbocycles. The summed E-state index contributed by atoms with van der Waals surface area (Å²) < 4.78 is 2.43. The van der Waals surface area contributed by atoms with Gasteiger partial charge in [-0.3, -0.25) is 5.32 Å². The number of nitrogens with one attached hydrogen (secondary N) is 1. The minimum Gasteiger partial charge on any atom is -0.331 e. The van der Waals surface area contributed by atoms with Gasteiger partial charge in [0.15, 0.2) is 0 Å². The van der Waals surface area contributed by atoms with E-state index < -0.39 is 0 Å². The molecule has 0 amide bonds. The van der Waals surface area contributed by atoms with E-state index in [0.29, 0.717) is 0 Å². The zero-order valence-corrected chi connectivity index (χ0v) is 11.8. The van der Waals surface area contributed by atoms with Gasteiger partial charge in [-0.1, -0.05) is 26.8 Å². The fraction of sp³-hybridized carbons (Fsp3) is 0.500. The highest BCUT2D eigenvalue weighted by atomic mass is 15.1. The molecule has 0 spiro atoms. The lowest BCUT2D eigenvalue weighted by molar-refractivity contribution is 0.505. The molecule has 0 unspecified atom stereocenters. The van der Waals surface area contributed by atoms with E-state index >= 15 is 0 Å². The van der Waals surface area contributed by atoms with E-state index in [-0.39, 0.29) is 5.41 Å². The first-order valence-corrected chi connectivity index (χ1v) is 6.81. The Morgan fingerprint density at radius 1 is 1.22 bits per heavy atom. The molecular formula is C16H22N2. The van der Waals surface area contributed by atoms with Crippen LogP contribution in [0.25, 0.3) is 10.9 Å². The second kappa shape index (κ2) is 3.86. The van der Waals surface area contributed by atoms with Gasteiger partial charge in [-0.2, -0.15) is 0 Å². The van der Waals surface area contributed by atoms with Crippen LogP contribution in [0, 0.1) is 6.92 Å². The van der Waals surface area contributed by atoms with Gasteiger partial charge in [-0.25, -0.2) is 0 Å². The van der Waals surface area contributed by atoms with Crippen molar-refractivity contribution in [3.8, 4) is 0 Å². The van der Waals surface area contributed by atoms with Crippen LogP contribution in [-0.4, -0.2) is 11.1 Å². The van der Waals surface area contributed by atoms with Gasteiger partial charge in [-0.15, -0.1) is 0 Å². The number of hydrogen-bond donors (Lipinski definition) is 1. The number of rotatable bonds is 0. The van der Waals surface area contributed by atoms with Gasteiger partial charge in [-0.05, 0) is 35.6 Å². The Kier molecular flexibility index (Phi) is 2.53. The molecule has 2 aromatic rings. The lowest BCUT2D eigenvalue weighted by atomic mass is 9.86. The average Bonchev–Trinajstić information content (AvgIpc) is 2.63. The van der Waals surface area contributed by atoms with Crippen LogP contribution in [0.3, 0.4) is 0 Å². The van der Waals surface area contributed by atoms with Gasteiger partial charge in [0.1, 0.15) is 0 Å². The summed E-state index contributed by atoms with van der Waals surface area (Å²) in [6.45, 7) is 11.2. The third kappa shape index (κ3) is 1.67. The summed E-state index contributed by atoms with van der Waals surface area (Å²) in [5.41, 5.74) is 6.01. The molecule has 96 valence electrons. The predicted octanol–water partition coefficient (Wildman–Crippen LogP) is 3.35. The van der Waals surface area contributed by atoms with Crippen molar-refractivity contribution in [2.45, 2.75) is 46.2 Å². The minimum absolute atomic E-state index is 0.224. The summed E-state index contributed by atoms with van der Waals surface area (Å²) in [6.07, 6.45) is 1.14. The molecule has 3 rings (SSSR count). The van der Waals surface area contributed by atoms with Gasteiger partial charge in [0, 0.05) is 29.6 Å². The van der Waals surface area contributed by atoms with E-state index in [1.54, 1.807) is 0 Å². The second-order valence-electron chi connectivity index (χ2n) is 6.39. The zero-order valence-electron chi connectivity index (χ0n) is 11.8. The minimum atomic E-state index is 0.224. The molecule has 1 aromatic heterocycles. The molecule has 1 aliphatic rings. The SMILES string of the molecule is Cc1c2n(c3ccc(C(C)(C)C)cc13)CNCC2. The first kappa shape index (κ1) is 11.8. The lowest BCUT2D eigenvalue weighted by Gasteiger charge is -2.20. The Labute approximate surface area is 109 Å². The van der Waals surface area contributed by atoms with Crippen molar-refractivity contribution in [1.29, 1.82) is 0 Å². The van der Waals surface area contributed by atoms with Crippen LogP contribution in [0.1, 0.15) is 37.6 Å². The smallest absolute Gasteiger partial charge is 0.0728 e. The van der Waals surface area contributed by atoms with Crippen molar-refractivity contribution in [2.75, 3.05) is 6.54 Å². The molecule has 0 bridgehead atoms. The summed E-state index contributed by atoms with van der Waals surface area (Å²) in [7, 11) is 0. The van der Waals surface area contributed by atoms with Crippen molar-refractivity contribution in [1.82, 2.24) is 9.88 Å². The van der Waals surface area contributed by atoms with Gasteiger partial charge in [0.25, 0.3) is 0 Å². The zero-order chi connectivity index (χ0) is 12.9. The van der Waals surface area contributed by atoms with Crippen LogP contribution < -0.4 is 5.32 Å². The molecule has 2 heterocycles. The molecule has 18 heavy (non-hydrogen) atoms. The number of nitrogens with zero attached hydrogens (tertiary/aromatic N) is 1. The monoisotopic (exact) mass is 242 g/mol. The van der Waals surface area contributed by atoms with Crippen LogP contribution in [0.4, 0.5) is 0 Å². The Morgan fingerprint density at radius 2 is 2.00 bits per heavy atom. The summed E-state index contributed by atoms with van der Waals surface area (Å²) in [6, 6.07) is 6.96. The predicted molar refractivity (Wildman–Crippen MR) is 77.1 cm³/mol. The van der Waals surface area contributed by atoms with Crippen LogP contribution in [-0.2, 0) is 18.5 Å². The Hall–Kier alpha value is -1.28. The maximum absolute atomic E-state index is 3.45. The summed E-state index contributed by atoms with van der Waals surface area (Å²) in [5, 5.41) is 4.89. The first-order chi connectivity index (χ1) is 8.48. The largest absolute Gasteiger partial charge is 0.331 e. The van der Waals surface area contributed by atoms with Crippen LogP contribution in [0.5, 0.6) is 0 Å². The molecule has 0 fully saturated rings. The van der Waals surface area contributed by atoms with E-state index in [2.05, 4.69) is 55.8 Å². The van der Waals surface area contributed by atoms with Crippen molar-refractivity contribution in [3.63, 3.8) is 0 Å². The first-order valence-electron chi connectivity index (χ1n) is 6.81. The number of fused-ring (bicyclic) bond motifs is 3. The molecule has 1 aromatic carbocycles. The highest BCUT2D eigenvalue weighted by Gasteiger charge is 2.19. The van der Waals surface area contributed by atoms with E-state index in [1.165, 1.54) is 27.7 Å². The van der Waals surface area contributed by atoms with Crippen LogP contribution in [0.2, 0.25) is 0 Å². The van der Waals surface area contributed by atoms with Crippen molar-refractivity contribution in [2.24, 2.45) is 0 Å². The van der Waals surface area contributed by atoms with Crippen LogP contribution >= 0.6 is 0 Å². The standard InChI is InChI=1S/C16H22N2/c1-11-13-9-12(16(2,3)4)5-6-15(13)18-10-17-8-7-14(11)18/h5-6,9,17H,7-8,10H2,1-4H3. The topological polar surface area (TPSA) is 17.0 Å². The Bertz CT molecular complexity index is 600. The van der Waals surface area contributed by atoms with Crippen molar-refractivity contribution < 1.29 is 0 Å². The summed E-state index contributed by atoms with van der Waals surface area (Å²) >= 11 is 0. The van der Waals surface area contributed by atoms with Gasteiger partial charge >= 0.3 is 0 Å². The molecule has 0 radical (unpaired) electrons. The quantitative estimate of drug-likeness (QED) is 0.749. The molecule has 1 N–H and O–H groups in total. The van der Waals surface area contributed by atoms with E-state index in [1.807, 2.05) is 0 Å². The molecule has 2 nitrogen and oxygen atoms in total. The molecule has 0 saturated heterocycles. The molecular weight excluding hydrogens is 220 g/mol. The fourth-order valence-corrected chi connectivity index (χ4v) is 2.94. The van der Waals surface area contributed by atoms with Crippen molar-refractivity contribution >= 4 is 10.9 Å². The van der Waals surface area contributed by atoms with E-state index in [9.17, 15) is 0 Å². The highest BCUT2D eigenvalue weighted by molar-refractivity contribution is 5.86. The summed E-state index contributed by atoms with van der Waals surface area (Å²) in [4.78, 5) is 0. The number of aryl methyl sites for hydroxylation is 1. The maximum Gasteiger partial charge on any atom is 0.0728 e. The number of benzene rings is 1. The molecule has 0 atom stereocenters. The number of aromatic nitrogens is 1. The number of hydrogen-bond acceptors (Lipinski definition) is 1. The second-order valence-corrected chi connectivity index (χ2v) is 6.39. The van der Waals surface area contributed by atoms with Gasteiger partial charge in [0.05, 0.1) is 6.67 Å². The van der Waals surface area contributed by atoms with E-state index in [0.717, 1.165) is 19.6 Å². The van der Waals surface area contributed by atoms with E-state index in [4.69, 9.17) is 0 Å².